The third-order valence-electron chi connectivity index (χ3n) is 4.05. The lowest BCUT2D eigenvalue weighted by atomic mass is 10.3. The van der Waals surface area contributed by atoms with Crippen LogP contribution in [0.3, 0.4) is 0 Å². The molecular weight excluding hydrogens is 252 g/mol. The summed E-state index contributed by atoms with van der Waals surface area (Å²) in [5.74, 6) is 1.12. The highest BCUT2D eigenvalue weighted by atomic mass is 16.5. The van der Waals surface area contributed by atoms with E-state index in [4.69, 9.17) is 9.72 Å². The first-order valence-electron chi connectivity index (χ1n) is 7.44. The van der Waals surface area contributed by atoms with Crippen LogP contribution in [0.2, 0.25) is 0 Å². The molecule has 2 aromatic heterocycles. The highest BCUT2D eigenvalue weighted by molar-refractivity contribution is 5.56. The van der Waals surface area contributed by atoms with Crippen LogP contribution in [-0.2, 0) is 11.3 Å². The largest absolute Gasteiger partial charge is 0.378 e. The normalized spacial score (nSPS) is 19.7. The van der Waals surface area contributed by atoms with Gasteiger partial charge in [0.2, 0.25) is 0 Å². The molecule has 1 saturated heterocycles. The molecule has 4 rings (SSSR count). The third-order valence-corrected chi connectivity index (χ3v) is 4.05. The zero-order valence-electron chi connectivity index (χ0n) is 11.6. The van der Waals surface area contributed by atoms with Gasteiger partial charge >= 0.3 is 0 Å². The van der Waals surface area contributed by atoms with Crippen molar-refractivity contribution in [1.29, 1.82) is 0 Å². The second kappa shape index (κ2) is 5.07. The number of anilines is 1. The van der Waals surface area contributed by atoms with Crippen LogP contribution < -0.4 is 10.2 Å². The van der Waals surface area contributed by atoms with Crippen LogP contribution in [0.15, 0.2) is 24.4 Å². The van der Waals surface area contributed by atoms with E-state index in [-0.39, 0.29) is 0 Å². The number of pyridine rings is 1. The summed E-state index contributed by atoms with van der Waals surface area (Å²) in [5.41, 5.74) is 2.30. The van der Waals surface area contributed by atoms with E-state index >= 15 is 0 Å². The first-order chi connectivity index (χ1) is 9.92. The molecule has 1 saturated carbocycles. The van der Waals surface area contributed by atoms with Gasteiger partial charge in [0.05, 0.1) is 18.9 Å². The van der Waals surface area contributed by atoms with Gasteiger partial charge in [-0.3, -0.25) is 0 Å². The lowest BCUT2D eigenvalue weighted by molar-refractivity contribution is 0.122. The van der Waals surface area contributed by atoms with Crippen molar-refractivity contribution in [3.05, 3.63) is 30.1 Å². The smallest absolute Gasteiger partial charge is 0.152 e. The molecule has 5 heteroatoms. The number of morpholine rings is 1. The van der Waals surface area contributed by atoms with Crippen molar-refractivity contribution >= 4 is 11.5 Å². The van der Waals surface area contributed by atoms with Crippen molar-refractivity contribution in [3.63, 3.8) is 0 Å². The maximum absolute atomic E-state index is 5.45. The molecule has 0 spiro atoms. The number of hydrogen-bond donors (Lipinski definition) is 1. The second-order valence-corrected chi connectivity index (χ2v) is 5.57. The fourth-order valence-electron chi connectivity index (χ4n) is 2.76. The van der Waals surface area contributed by atoms with Crippen molar-refractivity contribution in [2.24, 2.45) is 0 Å². The Morgan fingerprint density at radius 1 is 1.25 bits per heavy atom. The van der Waals surface area contributed by atoms with Gasteiger partial charge in [0.1, 0.15) is 5.65 Å². The van der Waals surface area contributed by atoms with Gasteiger partial charge in [-0.05, 0) is 25.0 Å². The Morgan fingerprint density at radius 2 is 2.10 bits per heavy atom. The fraction of sp³-hybridized carbons (Fsp3) is 0.533. The van der Waals surface area contributed by atoms with E-state index in [0.717, 1.165) is 44.3 Å². The predicted octanol–water partition coefficient (Wildman–Crippen LogP) is 1.42. The van der Waals surface area contributed by atoms with E-state index in [1.165, 1.54) is 18.5 Å². The summed E-state index contributed by atoms with van der Waals surface area (Å²) in [6.45, 7) is 4.34. The number of fused-ring (bicyclic) bond motifs is 1. The van der Waals surface area contributed by atoms with E-state index in [0.29, 0.717) is 6.04 Å². The van der Waals surface area contributed by atoms with Gasteiger partial charge in [0.15, 0.2) is 5.82 Å². The topological polar surface area (TPSA) is 41.8 Å². The fourth-order valence-corrected chi connectivity index (χ4v) is 2.76. The van der Waals surface area contributed by atoms with E-state index in [2.05, 4.69) is 32.9 Å². The Hall–Kier alpha value is -1.59. The van der Waals surface area contributed by atoms with Crippen LogP contribution >= 0.6 is 0 Å². The highest BCUT2D eigenvalue weighted by Gasteiger charge is 2.24. The van der Waals surface area contributed by atoms with Crippen molar-refractivity contribution in [1.82, 2.24) is 14.7 Å². The van der Waals surface area contributed by atoms with Gasteiger partial charge in [0.25, 0.3) is 0 Å². The Kier molecular flexibility index (Phi) is 3.09. The average Bonchev–Trinajstić information content (AvgIpc) is 3.26. The minimum absolute atomic E-state index is 0.710. The molecule has 1 N–H and O–H groups in total. The summed E-state index contributed by atoms with van der Waals surface area (Å²) in [4.78, 5) is 7.18. The van der Waals surface area contributed by atoms with Crippen LogP contribution in [0, 0.1) is 0 Å². The van der Waals surface area contributed by atoms with Crippen LogP contribution in [0.4, 0.5) is 5.82 Å². The molecule has 0 atom stereocenters. The summed E-state index contributed by atoms with van der Waals surface area (Å²) in [6, 6.07) is 6.90. The third kappa shape index (κ3) is 2.27. The van der Waals surface area contributed by atoms with Gasteiger partial charge in [-0.15, -0.1) is 0 Å². The maximum Gasteiger partial charge on any atom is 0.152 e. The maximum atomic E-state index is 5.45. The van der Waals surface area contributed by atoms with Crippen molar-refractivity contribution in [2.75, 3.05) is 31.2 Å². The average molecular weight is 272 g/mol. The van der Waals surface area contributed by atoms with Crippen molar-refractivity contribution in [2.45, 2.75) is 25.4 Å². The molecule has 2 aliphatic rings. The van der Waals surface area contributed by atoms with Gasteiger partial charge in [-0.2, -0.15) is 0 Å². The van der Waals surface area contributed by atoms with Gasteiger partial charge in [-0.25, -0.2) is 4.98 Å². The molecule has 20 heavy (non-hydrogen) atoms. The molecule has 0 bridgehead atoms. The molecule has 1 aliphatic carbocycles. The number of nitrogens with one attached hydrogen (secondary N) is 1. The Balaban J connectivity index is 1.70. The molecule has 106 valence electrons. The Bertz CT molecular complexity index is 599. The van der Waals surface area contributed by atoms with E-state index in [1.54, 1.807) is 0 Å². The molecule has 0 aromatic carbocycles. The Morgan fingerprint density at radius 3 is 2.90 bits per heavy atom. The molecule has 5 nitrogen and oxygen atoms in total. The summed E-state index contributed by atoms with van der Waals surface area (Å²) >= 11 is 0. The molecule has 2 aromatic rings. The SMILES string of the molecule is c1ccn2c(CNC3CC3)c(N3CCOCC3)nc2c1. The zero-order chi connectivity index (χ0) is 13.4. The van der Waals surface area contributed by atoms with Gasteiger partial charge < -0.3 is 19.4 Å². The summed E-state index contributed by atoms with van der Waals surface area (Å²) < 4.78 is 7.66. The molecule has 1 aliphatic heterocycles. The number of imidazole rings is 1. The van der Waals surface area contributed by atoms with E-state index in [1.807, 2.05) is 6.07 Å². The second-order valence-electron chi connectivity index (χ2n) is 5.57. The standard InChI is InChI=1S/C15H20N4O/c1-2-6-19-13(11-16-12-4-5-12)15(17-14(19)3-1)18-7-9-20-10-8-18/h1-3,6,12,16H,4-5,7-11H2. The molecule has 0 amide bonds. The molecule has 0 radical (unpaired) electrons. The van der Waals surface area contributed by atoms with Crippen molar-refractivity contribution in [3.8, 4) is 0 Å². The predicted molar refractivity (Wildman–Crippen MR) is 78.1 cm³/mol. The van der Waals surface area contributed by atoms with E-state index in [9.17, 15) is 0 Å². The number of nitrogens with zero attached hydrogens (tertiary/aromatic N) is 3. The van der Waals surface area contributed by atoms with Crippen LogP contribution in [0.1, 0.15) is 18.5 Å². The molecule has 0 unspecified atom stereocenters. The minimum atomic E-state index is 0.710. The lowest BCUT2D eigenvalue weighted by Gasteiger charge is -2.27. The molecular formula is C15H20N4O. The minimum Gasteiger partial charge on any atom is -0.378 e. The highest BCUT2D eigenvalue weighted by Crippen LogP contribution is 2.25. The number of hydrogen-bond acceptors (Lipinski definition) is 4. The van der Waals surface area contributed by atoms with Crippen molar-refractivity contribution < 1.29 is 4.74 Å². The summed E-state index contributed by atoms with van der Waals surface area (Å²) in [6.07, 6.45) is 4.73. The molecule has 3 heterocycles. The summed E-state index contributed by atoms with van der Waals surface area (Å²) in [7, 11) is 0. The van der Waals surface area contributed by atoms with Crippen LogP contribution in [0.5, 0.6) is 0 Å². The Labute approximate surface area is 118 Å². The summed E-state index contributed by atoms with van der Waals surface area (Å²) in [5, 5.41) is 3.61. The number of ether oxygens (including phenoxy) is 1. The first-order valence-corrected chi connectivity index (χ1v) is 7.44. The van der Waals surface area contributed by atoms with Gasteiger partial charge in [-0.1, -0.05) is 6.07 Å². The number of aromatic nitrogens is 2. The van der Waals surface area contributed by atoms with Crippen LogP contribution in [-0.4, -0.2) is 41.7 Å². The van der Waals surface area contributed by atoms with E-state index < -0.39 is 0 Å². The molecule has 2 fully saturated rings. The van der Waals surface area contributed by atoms with Gasteiger partial charge in [0, 0.05) is 31.9 Å². The monoisotopic (exact) mass is 272 g/mol. The van der Waals surface area contributed by atoms with Crippen LogP contribution in [0.25, 0.3) is 5.65 Å². The first kappa shape index (κ1) is 12.2. The zero-order valence-corrected chi connectivity index (χ0v) is 11.6. The number of rotatable bonds is 4. The lowest BCUT2D eigenvalue weighted by Crippen LogP contribution is -2.37. The quantitative estimate of drug-likeness (QED) is 0.914.